The highest BCUT2D eigenvalue weighted by atomic mass is 19.4. The standard InChI is InChI=1S/C13H14F3NO/c14-13(15,16)11-5-7-17(8-6-11)12-3-1-10(9-18)2-4-12/h1-4,9,11H,5-8H2. The van der Waals surface area contributed by atoms with E-state index >= 15 is 0 Å². The molecule has 5 heteroatoms. The maximum Gasteiger partial charge on any atom is 0.391 e. The third-order valence-corrected chi connectivity index (χ3v) is 3.35. The van der Waals surface area contributed by atoms with Gasteiger partial charge in [0.05, 0.1) is 5.92 Å². The van der Waals surface area contributed by atoms with Crippen LogP contribution in [0, 0.1) is 5.92 Å². The van der Waals surface area contributed by atoms with Crippen molar-refractivity contribution in [2.75, 3.05) is 18.0 Å². The summed E-state index contributed by atoms with van der Waals surface area (Å²) in [5.41, 5.74) is 1.45. The van der Waals surface area contributed by atoms with E-state index in [9.17, 15) is 18.0 Å². The van der Waals surface area contributed by atoms with Crippen LogP contribution < -0.4 is 4.90 Å². The number of benzene rings is 1. The lowest BCUT2D eigenvalue weighted by Gasteiger charge is -2.34. The average Bonchev–Trinajstić information content (AvgIpc) is 2.38. The molecule has 0 spiro atoms. The second-order valence-corrected chi connectivity index (χ2v) is 4.51. The molecule has 1 aliphatic heterocycles. The van der Waals surface area contributed by atoms with Gasteiger partial charge in [-0.3, -0.25) is 4.79 Å². The molecule has 18 heavy (non-hydrogen) atoms. The fourth-order valence-corrected chi connectivity index (χ4v) is 2.23. The van der Waals surface area contributed by atoms with Crippen molar-refractivity contribution < 1.29 is 18.0 Å². The zero-order chi connectivity index (χ0) is 13.2. The molecule has 1 aromatic rings. The van der Waals surface area contributed by atoms with Gasteiger partial charge in [-0.2, -0.15) is 13.2 Å². The van der Waals surface area contributed by atoms with E-state index in [2.05, 4.69) is 0 Å². The minimum absolute atomic E-state index is 0.138. The van der Waals surface area contributed by atoms with Crippen LogP contribution in [0.25, 0.3) is 0 Å². The van der Waals surface area contributed by atoms with Crippen molar-refractivity contribution >= 4 is 12.0 Å². The molecule has 2 rings (SSSR count). The molecule has 0 bridgehead atoms. The van der Waals surface area contributed by atoms with Crippen molar-refractivity contribution in [3.05, 3.63) is 29.8 Å². The van der Waals surface area contributed by atoms with Crippen molar-refractivity contribution in [2.45, 2.75) is 19.0 Å². The van der Waals surface area contributed by atoms with E-state index in [4.69, 9.17) is 0 Å². The number of piperidine rings is 1. The van der Waals surface area contributed by atoms with E-state index < -0.39 is 12.1 Å². The van der Waals surface area contributed by atoms with Crippen LogP contribution in [0.1, 0.15) is 23.2 Å². The van der Waals surface area contributed by atoms with Gasteiger partial charge in [-0.15, -0.1) is 0 Å². The van der Waals surface area contributed by atoms with Crippen molar-refractivity contribution in [1.29, 1.82) is 0 Å². The Morgan fingerprint density at radius 1 is 1.11 bits per heavy atom. The zero-order valence-corrected chi connectivity index (χ0v) is 9.78. The average molecular weight is 257 g/mol. The summed E-state index contributed by atoms with van der Waals surface area (Å²) in [4.78, 5) is 12.4. The van der Waals surface area contributed by atoms with E-state index in [0.29, 0.717) is 18.7 Å². The van der Waals surface area contributed by atoms with Crippen LogP contribution >= 0.6 is 0 Å². The second-order valence-electron chi connectivity index (χ2n) is 4.51. The summed E-state index contributed by atoms with van der Waals surface area (Å²) < 4.78 is 37.5. The predicted octanol–water partition coefficient (Wildman–Crippen LogP) is 3.28. The molecule has 0 unspecified atom stereocenters. The molecule has 0 amide bonds. The van der Waals surface area contributed by atoms with E-state index in [1.165, 1.54) is 0 Å². The number of halogens is 3. The molecule has 0 atom stereocenters. The quantitative estimate of drug-likeness (QED) is 0.758. The summed E-state index contributed by atoms with van der Waals surface area (Å²) in [6, 6.07) is 6.91. The lowest BCUT2D eigenvalue weighted by atomic mass is 9.96. The molecule has 1 aromatic carbocycles. The van der Waals surface area contributed by atoms with Crippen LogP contribution in [0.5, 0.6) is 0 Å². The number of hydrogen-bond acceptors (Lipinski definition) is 2. The summed E-state index contributed by atoms with van der Waals surface area (Å²) >= 11 is 0. The molecule has 0 radical (unpaired) electrons. The minimum Gasteiger partial charge on any atom is -0.372 e. The number of carbonyl (C=O) groups excluding carboxylic acids is 1. The van der Waals surface area contributed by atoms with Crippen LogP contribution in [0.3, 0.4) is 0 Å². The first-order valence-corrected chi connectivity index (χ1v) is 5.87. The molecule has 0 aromatic heterocycles. The Kier molecular flexibility index (Phi) is 3.59. The minimum atomic E-state index is -4.08. The first-order valence-electron chi connectivity index (χ1n) is 5.87. The summed E-state index contributed by atoms with van der Waals surface area (Å²) in [6.45, 7) is 0.815. The molecule has 0 saturated carbocycles. The van der Waals surface area contributed by atoms with Crippen molar-refractivity contribution in [1.82, 2.24) is 0 Å². The molecule has 1 fully saturated rings. The molecule has 2 nitrogen and oxygen atoms in total. The Balaban J connectivity index is 1.98. The SMILES string of the molecule is O=Cc1ccc(N2CCC(C(F)(F)F)CC2)cc1. The van der Waals surface area contributed by atoms with Gasteiger partial charge in [0.2, 0.25) is 0 Å². The molecule has 98 valence electrons. The highest BCUT2D eigenvalue weighted by molar-refractivity contribution is 5.75. The highest BCUT2D eigenvalue weighted by Crippen LogP contribution is 2.35. The van der Waals surface area contributed by atoms with E-state index in [-0.39, 0.29) is 12.8 Å². The summed E-state index contributed by atoms with van der Waals surface area (Å²) in [5, 5.41) is 0. The molecule has 0 N–H and O–H groups in total. The summed E-state index contributed by atoms with van der Waals surface area (Å²) in [6.07, 6.45) is -3.05. The largest absolute Gasteiger partial charge is 0.391 e. The molecular weight excluding hydrogens is 243 g/mol. The maximum absolute atomic E-state index is 12.5. The van der Waals surface area contributed by atoms with Gasteiger partial charge in [-0.25, -0.2) is 0 Å². The first-order chi connectivity index (χ1) is 8.50. The lowest BCUT2D eigenvalue weighted by molar-refractivity contribution is -0.179. The second kappa shape index (κ2) is 5.00. The van der Waals surface area contributed by atoms with Crippen LogP contribution in [0.2, 0.25) is 0 Å². The highest BCUT2D eigenvalue weighted by Gasteiger charge is 2.41. The number of hydrogen-bond donors (Lipinski definition) is 0. The van der Waals surface area contributed by atoms with Gasteiger partial charge in [-0.05, 0) is 37.1 Å². The lowest BCUT2D eigenvalue weighted by Crippen LogP contribution is -2.38. The van der Waals surface area contributed by atoms with Gasteiger partial charge in [0.15, 0.2) is 0 Å². The van der Waals surface area contributed by atoms with E-state index in [1.54, 1.807) is 24.3 Å². The zero-order valence-electron chi connectivity index (χ0n) is 9.78. The topological polar surface area (TPSA) is 20.3 Å². The Morgan fingerprint density at radius 3 is 2.11 bits per heavy atom. The Labute approximate surface area is 103 Å². The fourth-order valence-electron chi connectivity index (χ4n) is 2.23. The maximum atomic E-state index is 12.5. The van der Waals surface area contributed by atoms with Crippen LogP contribution in [-0.4, -0.2) is 25.6 Å². The van der Waals surface area contributed by atoms with E-state index in [0.717, 1.165) is 12.0 Å². The van der Waals surface area contributed by atoms with Crippen LogP contribution in [-0.2, 0) is 0 Å². The van der Waals surface area contributed by atoms with E-state index in [1.807, 2.05) is 4.90 Å². The first kappa shape index (κ1) is 12.9. The summed E-state index contributed by atoms with van der Waals surface area (Å²) in [7, 11) is 0. The fraction of sp³-hybridized carbons (Fsp3) is 0.462. The number of rotatable bonds is 2. The third-order valence-electron chi connectivity index (χ3n) is 3.35. The van der Waals surface area contributed by atoms with Crippen molar-refractivity contribution in [3.8, 4) is 0 Å². The Morgan fingerprint density at radius 2 is 1.67 bits per heavy atom. The van der Waals surface area contributed by atoms with Gasteiger partial charge in [0.1, 0.15) is 6.29 Å². The number of nitrogens with zero attached hydrogens (tertiary/aromatic N) is 1. The number of carbonyl (C=O) groups is 1. The van der Waals surface area contributed by atoms with Crippen LogP contribution in [0.15, 0.2) is 24.3 Å². The van der Waals surface area contributed by atoms with Gasteiger partial charge in [-0.1, -0.05) is 0 Å². The molecule has 1 heterocycles. The third kappa shape index (κ3) is 2.83. The molecule has 0 aliphatic carbocycles. The van der Waals surface area contributed by atoms with Crippen molar-refractivity contribution in [3.63, 3.8) is 0 Å². The number of alkyl halides is 3. The Hall–Kier alpha value is -1.52. The number of anilines is 1. The monoisotopic (exact) mass is 257 g/mol. The Bertz CT molecular complexity index is 405. The van der Waals surface area contributed by atoms with Gasteiger partial charge < -0.3 is 4.90 Å². The molecule has 1 aliphatic rings. The summed E-state index contributed by atoms with van der Waals surface area (Å²) in [5.74, 6) is -1.18. The van der Waals surface area contributed by atoms with Crippen LogP contribution in [0.4, 0.5) is 18.9 Å². The molecular formula is C13H14F3NO. The van der Waals surface area contributed by atoms with Gasteiger partial charge >= 0.3 is 6.18 Å². The van der Waals surface area contributed by atoms with Gasteiger partial charge in [0, 0.05) is 24.3 Å². The number of aldehydes is 1. The molecule has 1 saturated heterocycles. The predicted molar refractivity (Wildman–Crippen MR) is 62.8 cm³/mol. The van der Waals surface area contributed by atoms with Gasteiger partial charge in [0.25, 0.3) is 0 Å². The van der Waals surface area contributed by atoms with Crippen molar-refractivity contribution in [2.24, 2.45) is 5.92 Å². The normalized spacial score (nSPS) is 17.8. The smallest absolute Gasteiger partial charge is 0.372 e.